The quantitative estimate of drug-likeness (QED) is 0.163. The molecule has 2 aromatic rings. The minimum absolute atomic E-state index is 0. The van der Waals surface area contributed by atoms with Gasteiger partial charge in [-0.1, -0.05) is 0 Å². The Balaban J connectivity index is -0.000000275. The Morgan fingerprint density at radius 1 is 0.474 bits per heavy atom. The van der Waals surface area contributed by atoms with E-state index in [0.717, 1.165) is 0 Å². The molecule has 8 N–H and O–H groups in total. The van der Waals surface area contributed by atoms with Gasteiger partial charge in [-0.2, -0.15) is 33.7 Å². The average Bonchev–Trinajstić information content (AvgIpc) is 2.65. The van der Waals surface area contributed by atoms with Crippen molar-refractivity contribution in [2.75, 3.05) is 0 Å². The Morgan fingerprint density at radius 2 is 0.632 bits per heavy atom. The maximum Gasteiger partial charge on any atom is 1.00 e. The smallest absolute Gasteiger partial charge is 0.545 e. The molecular formula is C14H14K2O18S4. The third-order valence-corrected chi connectivity index (χ3v) is 6.75. The van der Waals surface area contributed by atoms with Gasteiger partial charge >= 0.3 is 103 Å². The van der Waals surface area contributed by atoms with Gasteiger partial charge in [0.25, 0.3) is 40.5 Å². The number of carboxylic acids is 2. The van der Waals surface area contributed by atoms with Crippen molar-refractivity contribution in [3.63, 3.8) is 0 Å². The minimum atomic E-state index is -4.81. The number of carbonyl (C=O) groups is 2. The van der Waals surface area contributed by atoms with E-state index in [-0.39, 0.29) is 114 Å². The van der Waals surface area contributed by atoms with Crippen molar-refractivity contribution in [2.45, 2.75) is 19.6 Å². The Hall–Kier alpha value is 0.213. The zero-order chi connectivity index (χ0) is 26.9. The first kappa shape index (κ1) is 45.2. The minimum Gasteiger partial charge on any atom is -0.545 e. The first-order chi connectivity index (χ1) is 15.0. The molecule has 0 saturated carbocycles. The number of carboxylic acid groups (broad SMARTS) is 2. The maximum atomic E-state index is 10.8. The summed E-state index contributed by atoms with van der Waals surface area (Å²) in [5.41, 5.74) is -1.62. The Labute approximate surface area is 299 Å². The molecule has 0 atom stereocenters. The Kier molecular flexibility index (Phi) is 19.8. The molecule has 0 fully saturated rings. The zero-order valence-corrected chi connectivity index (χ0v) is 28.3. The predicted molar refractivity (Wildman–Crippen MR) is 108 cm³/mol. The molecule has 0 aliphatic rings. The summed E-state index contributed by atoms with van der Waals surface area (Å²) in [6, 6.07) is 2.82. The average molecular weight is 677 g/mol. The van der Waals surface area contributed by atoms with Gasteiger partial charge in [-0.05, 0) is 47.5 Å². The van der Waals surface area contributed by atoms with Gasteiger partial charge in [-0.25, -0.2) is 0 Å². The van der Waals surface area contributed by atoms with E-state index in [2.05, 4.69) is 0 Å². The van der Waals surface area contributed by atoms with Crippen LogP contribution >= 0.6 is 0 Å². The number of aromatic carboxylic acids is 2. The van der Waals surface area contributed by atoms with Crippen molar-refractivity contribution in [3.05, 3.63) is 47.5 Å². The van der Waals surface area contributed by atoms with Gasteiger partial charge in [0.1, 0.15) is 0 Å². The molecule has 0 bridgehead atoms. The van der Waals surface area contributed by atoms with Crippen molar-refractivity contribution in [1.29, 1.82) is 0 Å². The molecule has 0 aromatic heterocycles. The number of hydrogen-bond donors (Lipinski definition) is 4. The van der Waals surface area contributed by atoms with Gasteiger partial charge in [0.15, 0.2) is 0 Å². The second-order valence-corrected chi connectivity index (χ2v) is 11.5. The number of carbonyl (C=O) groups excluding carboxylic acids is 2. The molecule has 0 aliphatic carbocycles. The van der Waals surface area contributed by atoms with Crippen LogP contribution in [0.15, 0.2) is 56.0 Å². The van der Waals surface area contributed by atoms with E-state index in [1.165, 1.54) is 0 Å². The molecule has 2 rings (SSSR count). The van der Waals surface area contributed by atoms with Gasteiger partial charge in [0, 0.05) is 0 Å². The summed E-state index contributed by atoms with van der Waals surface area (Å²) in [6.45, 7) is 0. The molecule has 18 nitrogen and oxygen atoms in total. The van der Waals surface area contributed by atoms with Crippen molar-refractivity contribution >= 4 is 52.4 Å². The zero-order valence-electron chi connectivity index (χ0n) is 18.8. The van der Waals surface area contributed by atoms with Crippen LogP contribution in [0.3, 0.4) is 0 Å². The molecule has 0 unspecified atom stereocenters. The van der Waals surface area contributed by atoms with Crippen LogP contribution in [0.1, 0.15) is 20.7 Å². The fourth-order valence-corrected chi connectivity index (χ4v) is 4.33. The van der Waals surface area contributed by atoms with Crippen LogP contribution in [0, 0.1) is 0 Å². The summed E-state index contributed by atoms with van der Waals surface area (Å²) < 4.78 is 121. The summed E-state index contributed by atoms with van der Waals surface area (Å²) in [5, 5.41) is 21.0. The molecule has 0 spiro atoms. The van der Waals surface area contributed by atoms with Crippen LogP contribution in [0.5, 0.6) is 0 Å². The number of rotatable bonds is 6. The largest absolute Gasteiger partial charge is 1.00 e. The molecule has 38 heavy (non-hydrogen) atoms. The molecule has 0 aliphatic heterocycles. The van der Waals surface area contributed by atoms with Crippen molar-refractivity contribution in [1.82, 2.24) is 0 Å². The first-order valence-electron chi connectivity index (χ1n) is 7.66. The second-order valence-electron chi connectivity index (χ2n) is 5.86. The van der Waals surface area contributed by atoms with Crippen LogP contribution in [0.4, 0.5) is 0 Å². The van der Waals surface area contributed by atoms with Crippen LogP contribution < -0.4 is 113 Å². The summed E-state index contributed by atoms with van der Waals surface area (Å²) in [4.78, 5) is 17.1. The van der Waals surface area contributed by atoms with Crippen molar-refractivity contribution in [3.8, 4) is 0 Å². The van der Waals surface area contributed by atoms with Crippen LogP contribution in [0.25, 0.3) is 0 Å². The predicted octanol–water partition coefficient (Wildman–Crippen LogP) is -10.6. The van der Waals surface area contributed by atoms with Crippen LogP contribution in [-0.2, 0) is 40.5 Å². The van der Waals surface area contributed by atoms with Crippen LogP contribution in [0.2, 0.25) is 0 Å². The fourth-order valence-electron chi connectivity index (χ4n) is 1.97. The Morgan fingerprint density at radius 3 is 0.737 bits per heavy atom. The van der Waals surface area contributed by atoms with E-state index in [4.69, 9.17) is 18.2 Å². The van der Waals surface area contributed by atoms with Gasteiger partial charge < -0.3 is 30.8 Å². The summed E-state index contributed by atoms with van der Waals surface area (Å²) in [6.07, 6.45) is 0. The van der Waals surface area contributed by atoms with E-state index < -0.39 is 83.1 Å². The van der Waals surface area contributed by atoms with Gasteiger partial charge in [-0.15, -0.1) is 0 Å². The molecule has 24 heteroatoms. The normalized spacial score (nSPS) is 11.1. The number of benzene rings is 2. The second kappa shape index (κ2) is 16.6. The van der Waals surface area contributed by atoms with Crippen LogP contribution in [-0.4, -0.2) is 74.8 Å². The van der Waals surface area contributed by atoms with Gasteiger partial charge in [-0.3, -0.25) is 18.2 Å². The van der Waals surface area contributed by atoms with Crippen molar-refractivity contribution < 1.29 is 185 Å². The topological polar surface area (TPSA) is 361 Å². The van der Waals surface area contributed by atoms with E-state index >= 15 is 0 Å². The van der Waals surface area contributed by atoms with E-state index in [1.54, 1.807) is 0 Å². The number of hydrogen-bond acceptors (Lipinski definition) is 12. The molecule has 0 amide bonds. The molecular weight excluding hydrogens is 663 g/mol. The monoisotopic (exact) mass is 676 g/mol. The third-order valence-electron chi connectivity index (χ3n) is 3.42. The molecule has 204 valence electrons. The molecule has 2 aromatic carbocycles. The van der Waals surface area contributed by atoms with Crippen molar-refractivity contribution in [2.24, 2.45) is 0 Å². The van der Waals surface area contributed by atoms with Gasteiger partial charge in [0.2, 0.25) is 0 Å². The SMILES string of the molecule is O.O.O=C([O-])c1cc(S(=O)(=O)O)cc(S(=O)(=O)O)c1.O=C([O-])c1cc(S(=O)(=O)O)cc(S(=O)(=O)O)c1.[K+].[K+]. The molecule has 0 saturated heterocycles. The van der Waals surface area contributed by atoms with E-state index in [9.17, 15) is 53.5 Å². The standard InChI is InChI=1S/2C7H6O8S2.2K.2H2O/c2*8-7(9)4-1-5(16(10,11)12)3-6(2-4)17(13,14)15;;;;/h2*1-3H,(H,8,9)(H,10,11,12)(H,13,14,15);;;2*1H2/q;;2*+1;;/p-2. The Bertz CT molecular complexity index is 1370. The van der Waals surface area contributed by atoms with Gasteiger partial charge in [0.05, 0.1) is 31.5 Å². The first-order valence-corrected chi connectivity index (χ1v) is 13.4. The summed E-state index contributed by atoms with van der Waals surface area (Å²) >= 11 is 0. The fraction of sp³-hybridized carbons (Fsp3) is 0. The maximum absolute atomic E-state index is 10.8. The summed E-state index contributed by atoms with van der Waals surface area (Å²) in [7, 11) is -19.2. The summed E-state index contributed by atoms with van der Waals surface area (Å²) in [5.74, 6) is -3.72. The van der Waals surface area contributed by atoms with E-state index in [1.807, 2.05) is 0 Å². The van der Waals surface area contributed by atoms with E-state index in [0.29, 0.717) is 36.4 Å². The third kappa shape index (κ3) is 14.2. The molecule has 0 radical (unpaired) electrons. The molecule has 0 heterocycles.